The van der Waals surface area contributed by atoms with E-state index in [0.717, 1.165) is 16.0 Å². The van der Waals surface area contributed by atoms with Crippen LogP contribution in [-0.4, -0.2) is 46.1 Å². The Labute approximate surface area is 156 Å². The summed E-state index contributed by atoms with van der Waals surface area (Å²) in [6.45, 7) is 2.74. The van der Waals surface area contributed by atoms with E-state index in [-0.39, 0.29) is 0 Å². The van der Waals surface area contributed by atoms with Gasteiger partial charge in [-0.2, -0.15) is 0 Å². The number of carbonyl (C=O) groups excluding carboxylic acids is 4. The molecule has 27 heavy (non-hydrogen) atoms. The number of nitrogens with one attached hydrogen (secondary N) is 1. The third-order valence-electron chi connectivity index (χ3n) is 4.19. The first-order chi connectivity index (χ1) is 12.9. The minimum Gasteiger partial charge on any atom is -0.324 e. The molecule has 2 aromatic carbocycles. The van der Waals surface area contributed by atoms with Crippen molar-refractivity contribution in [1.82, 2.24) is 9.80 Å². The van der Waals surface area contributed by atoms with Gasteiger partial charge in [0, 0.05) is 17.3 Å². The summed E-state index contributed by atoms with van der Waals surface area (Å²) in [5, 5.41) is 2.72. The van der Waals surface area contributed by atoms with Gasteiger partial charge in [-0.25, -0.2) is 9.69 Å². The summed E-state index contributed by atoms with van der Waals surface area (Å²) in [7, 11) is 0. The number of carbonyl (C=O) groups is 4. The number of para-hydroxylation sites is 1. The number of amides is 5. The van der Waals surface area contributed by atoms with Crippen LogP contribution < -0.4 is 5.32 Å². The quantitative estimate of drug-likeness (QED) is 0.651. The molecule has 1 N–H and O–H groups in total. The molecule has 0 spiro atoms. The highest BCUT2D eigenvalue weighted by atomic mass is 16.2. The van der Waals surface area contributed by atoms with E-state index in [0.29, 0.717) is 10.6 Å². The maximum Gasteiger partial charge on any atom is 0.334 e. The Morgan fingerprint density at radius 1 is 0.926 bits per heavy atom. The zero-order valence-corrected chi connectivity index (χ0v) is 15.0. The fourth-order valence-electron chi connectivity index (χ4n) is 2.91. The Bertz CT molecular complexity index is 908. The number of anilines is 1. The molecule has 0 atom stereocenters. The molecule has 7 nitrogen and oxygen atoms in total. The number of hydrogen-bond donors (Lipinski definition) is 1. The smallest absolute Gasteiger partial charge is 0.324 e. The van der Waals surface area contributed by atoms with E-state index < -0.39 is 36.3 Å². The van der Waals surface area contributed by atoms with Crippen molar-refractivity contribution in [3.05, 3.63) is 54.6 Å². The van der Waals surface area contributed by atoms with Crippen molar-refractivity contribution < 1.29 is 19.2 Å². The summed E-state index contributed by atoms with van der Waals surface area (Å²) in [6, 6.07) is 15.5. The van der Waals surface area contributed by atoms with E-state index in [2.05, 4.69) is 5.32 Å². The van der Waals surface area contributed by atoms with Crippen LogP contribution in [0.15, 0.2) is 54.6 Å². The van der Waals surface area contributed by atoms with Gasteiger partial charge in [-0.15, -0.1) is 0 Å². The van der Waals surface area contributed by atoms with E-state index in [1.54, 1.807) is 26.0 Å². The Hall–Kier alpha value is -3.48. The van der Waals surface area contributed by atoms with Crippen LogP contribution in [0.3, 0.4) is 0 Å². The fraction of sp³-hybridized carbons (Fsp3) is 0.200. The van der Waals surface area contributed by atoms with Crippen LogP contribution >= 0.6 is 0 Å². The maximum absolute atomic E-state index is 12.4. The van der Waals surface area contributed by atoms with Gasteiger partial charge in [0.15, 0.2) is 0 Å². The molecule has 0 saturated carbocycles. The van der Waals surface area contributed by atoms with Gasteiger partial charge in [-0.3, -0.25) is 19.3 Å². The molecule has 0 bridgehead atoms. The van der Waals surface area contributed by atoms with Crippen molar-refractivity contribution in [2.75, 3.05) is 11.9 Å². The predicted octanol–water partition coefficient (Wildman–Crippen LogP) is 2.49. The highest BCUT2D eigenvalue weighted by Crippen LogP contribution is 2.27. The molecule has 1 aliphatic rings. The van der Waals surface area contributed by atoms with Crippen molar-refractivity contribution in [2.24, 2.45) is 0 Å². The Morgan fingerprint density at radius 2 is 1.56 bits per heavy atom. The molecule has 7 heteroatoms. The number of benzene rings is 2. The van der Waals surface area contributed by atoms with Gasteiger partial charge in [0.1, 0.15) is 6.54 Å². The van der Waals surface area contributed by atoms with Gasteiger partial charge in [-0.05, 0) is 25.5 Å². The van der Waals surface area contributed by atoms with E-state index in [1.165, 1.54) is 0 Å². The van der Waals surface area contributed by atoms with E-state index in [1.807, 2.05) is 42.5 Å². The Balaban J connectivity index is 1.77. The summed E-state index contributed by atoms with van der Waals surface area (Å²) >= 11 is 0. The normalized spacial score (nSPS) is 14.3. The average Bonchev–Trinajstić information content (AvgIpc) is 2.86. The third-order valence-corrected chi connectivity index (χ3v) is 4.19. The lowest BCUT2D eigenvalue weighted by Crippen LogP contribution is -2.40. The molecule has 1 heterocycles. The summed E-state index contributed by atoms with van der Waals surface area (Å²) in [6.07, 6.45) is 0. The van der Waals surface area contributed by atoms with Crippen LogP contribution in [-0.2, 0) is 14.4 Å². The zero-order valence-electron chi connectivity index (χ0n) is 15.0. The van der Waals surface area contributed by atoms with Gasteiger partial charge < -0.3 is 5.32 Å². The largest absolute Gasteiger partial charge is 0.334 e. The molecule has 5 amide bonds. The molecular formula is C20H19N3O4. The molecule has 3 rings (SSSR count). The number of hydrogen-bond acceptors (Lipinski definition) is 4. The molecule has 1 fully saturated rings. The topological polar surface area (TPSA) is 86.8 Å². The second-order valence-electron chi connectivity index (χ2n) is 6.40. The minimum atomic E-state index is -0.986. The van der Waals surface area contributed by atoms with E-state index in [9.17, 15) is 19.2 Å². The van der Waals surface area contributed by atoms with Crippen LogP contribution in [0, 0.1) is 0 Å². The molecule has 1 saturated heterocycles. The summed E-state index contributed by atoms with van der Waals surface area (Å²) in [5.74, 6) is -2.45. The SMILES string of the molecule is CC(C)N1C(=O)C(=O)N(CC(=O)Nc2ccccc2-c2ccccc2)C1=O. The van der Waals surface area contributed by atoms with Crippen molar-refractivity contribution in [3.8, 4) is 11.1 Å². The molecule has 0 radical (unpaired) electrons. The lowest BCUT2D eigenvalue weighted by atomic mass is 10.0. The monoisotopic (exact) mass is 365 g/mol. The number of urea groups is 1. The first-order valence-corrected chi connectivity index (χ1v) is 8.53. The molecule has 0 aromatic heterocycles. The van der Waals surface area contributed by atoms with Crippen molar-refractivity contribution in [2.45, 2.75) is 19.9 Å². The highest BCUT2D eigenvalue weighted by Gasteiger charge is 2.46. The molecule has 0 aliphatic carbocycles. The standard InChI is InChI=1S/C20H19N3O4/c1-13(2)23-19(26)18(25)22(20(23)27)12-17(24)21-16-11-7-6-10-15(16)14-8-4-3-5-9-14/h3-11,13H,12H2,1-2H3,(H,21,24). The van der Waals surface area contributed by atoms with E-state index in [4.69, 9.17) is 0 Å². The molecule has 1 aliphatic heterocycles. The van der Waals surface area contributed by atoms with Gasteiger partial charge in [0.2, 0.25) is 5.91 Å². The molecule has 2 aromatic rings. The van der Waals surface area contributed by atoms with Gasteiger partial charge >= 0.3 is 17.8 Å². The van der Waals surface area contributed by atoms with Gasteiger partial charge in [0.25, 0.3) is 0 Å². The average molecular weight is 365 g/mol. The van der Waals surface area contributed by atoms with Crippen LogP contribution in [0.2, 0.25) is 0 Å². The van der Waals surface area contributed by atoms with Gasteiger partial charge in [0.05, 0.1) is 0 Å². The third kappa shape index (κ3) is 3.57. The van der Waals surface area contributed by atoms with Crippen molar-refractivity contribution >= 4 is 29.4 Å². The first kappa shape index (κ1) is 18.3. The van der Waals surface area contributed by atoms with Crippen LogP contribution in [0.5, 0.6) is 0 Å². The lowest BCUT2D eigenvalue weighted by molar-refractivity contribution is -0.144. The Morgan fingerprint density at radius 3 is 2.19 bits per heavy atom. The Kier molecular flexibility index (Phi) is 5.03. The highest BCUT2D eigenvalue weighted by molar-refractivity contribution is 6.45. The lowest BCUT2D eigenvalue weighted by Gasteiger charge is -2.18. The van der Waals surface area contributed by atoms with Crippen LogP contribution in [0.4, 0.5) is 10.5 Å². The van der Waals surface area contributed by atoms with Crippen LogP contribution in [0.25, 0.3) is 11.1 Å². The first-order valence-electron chi connectivity index (χ1n) is 8.53. The van der Waals surface area contributed by atoms with Crippen molar-refractivity contribution in [1.29, 1.82) is 0 Å². The van der Waals surface area contributed by atoms with Crippen LogP contribution in [0.1, 0.15) is 13.8 Å². The molecular weight excluding hydrogens is 346 g/mol. The number of imide groups is 2. The molecule has 0 unspecified atom stereocenters. The minimum absolute atomic E-state index is 0.458. The summed E-state index contributed by atoms with van der Waals surface area (Å²) < 4.78 is 0. The zero-order chi connectivity index (χ0) is 19.6. The summed E-state index contributed by atoms with van der Waals surface area (Å²) in [4.78, 5) is 50.2. The predicted molar refractivity (Wildman–Crippen MR) is 99.6 cm³/mol. The number of nitrogens with zero attached hydrogens (tertiary/aromatic N) is 2. The maximum atomic E-state index is 12.4. The van der Waals surface area contributed by atoms with Gasteiger partial charge in [-0.1, -0.05) is 48.5 Å². The van der Waals surface area contributed by atoms with Crippen molar-refractivity contribution in [3.63, 3.8) is 0 Å². The summed E-state index contributed by atoms with van der Waals surface area (Å²) in [5.41, 5.74) is 2.29. The second-order valence-corrected chi connectivity index (χ2v) is 6.40. The van der Waals surface area contributed by atoms with E-state index >= 15 is 0 Å². The second kappa shape index (κ2) is 7.41. The number of rotatable bonds is 5. The molecule has 138 valence electrons. The fourth-order valence-corrected chi connectivity index (χ4v) is 2.91.